The van der Waals surface area contributed by atoms with Gasteiger partial charge in [-0.15, -0.1) is 0 Å². The molecule has 1 aromatic rings. The Kier molecular flexibility index (Phi) is 4.22. The van der Waals surface area contributed by atoms with Gasteiger partial charge in [0.2, 0.25) is 5.91 Å². The van der Waals surface area contributed by atoms with Gasteiger partial charge < -0.3 is 10.1 Å². The summed E-state index contributed by atoms with van der Waals surface area (Å²) in [6.45, 7) is 0. The number of rotatable bonds is 5. The van der Waals surface area contributed by atoms with Crippen LogP contribution in [0.1, 0.15) is 23.2 Å². The van der Waals surface area contributed by atoms with Crippen molar-refractivity contribution in [1.29, 1.82) is 0 Å². The van der Waals surface area contributed by atoms with Gasteiger partial charge in [0, 0.05) is 24.1 Å². The van der Waals surface area contributed by atoms with Crippen molar-refractivity contribution >= 4 is 24.2 Å². The van der Waals surface area contributed by atoms with Crippen molar-refractivity contribution in [2.45, 2.75) is 12.8 Å². The van der Waals surface area contributed by atoms with E-state index in [9.17, 15) is 14.4 Å². The molecule has 0 spiro atoms. The number of benzene rings is 1. The summed E-state index contributed by atoms with van der Waals surface area (Å²) >= 11 is 0. The second-order valence-electron chi connectivity index (χ2n) is 2.99. The molecule has 0 radical (unpaired) electrons. The molecule has 1 rings (SSSR count). The number of anilines is 1. The first kappa shape index (κ1) is 11.1. The third-order valence-electron chi connectivity index (χ3n) is 1.82. The zero-order chi connectivity index (χ0) is 11.1. The van der Waals surface area contributed by atoms with Gasteiger partial charge in [0.05, 0.1) is 0 Å². The average molecular weight is 205 g/mol. The van der Waals surface area contributed by atoms with E-state index in [-0.39, 0.29) is 18.7 Å². The van der Waals surface area contributed by atoms with Crippen LogP contribution in [0.4, 0.5) is 5.69 Å². The van der Waals surface area contributed by atoms with Crippen LogP contribution in [0, 0.1) is 0 Å². The molecule has 0 atom stereocenters. The SMILES string of the molecule is O=CCCC(=O)Nc1ccc(C=O)cc1. The van der Waals surface area contributed by atoms with E-state index < -0.39 is 0 Å². The first-order valence-corrected chi connectivity index (χ1v) is 4.55. The van der Waals surface area contributed by atoms with Gasteiger partial charge in [-0.2, -0.15) is 0 Å². The smallest absolute Gasteiger partial charge is 0.224 e. The van der Waals surface area contributed by atoms with Crippen LogP contribution in [-0.2, 0) is 9.59 Å². The molecular weight excluding hydrogens is 194 g/mol. The van der Waals surface area contributed by atoms with E-state index in [1.165, 1.54) is 0 Å². The van der Waals surface area contributed by atoms with Crippen molar-refractivity contribution in [3.05, 3.63) is 29.8 Å². The van der Waals surface area contributed by atoms with Gasteiger partial charge in [-0.25, -0.2) is 0 Å². The molecule has 4 nitrogen and oxygen atoms in total. The minimum Gasteiger partial charge on any atom is -0.326 e. The normalized spacial score (nSPS) is 9.33. The summed E-state index contributed by atoms with van der Waals surface area (Å²) in [5, 5.41) is 2.61. The first-order valence-electron chi connectivity index (χ1n) is 4.55. The quantitative estimate of drug-likeness (QED) is 0.739. The van der Waals surface area contributed by atoms with Crippen molar-refractivity contribution in [3.8, 4) is 0 Å². The molecule has 0 bridgehead atoms. The fourth-order valence-corrected chi connectivity index (χ4v) is 1.06. The van der Waals surface area contributed by atoms with Crippen LogP contribution in [0.2, 0.25) is 0 Å². The zero-order valence-electron chi connectivity index (χ0n) is 8.10. The van der Waals surface area contributed by atoms with Gasteiger partial charge in [0.25, 0.3) is 0 Å². The highest BCUT2D eigenvalue weighted by atomic mass is 16.1. The monoisotopic (exact) mass is 205 g/mol. The Morgan fingerprint density at radius 2 is 1.87 bits per heavy atom. The van der Waals surface area contributed by atoms with Gasteiger partial charge in [0.15, 0.2) is 0 Å². The standard InChI is InChI=1S/C11H11NO3/c13-7-1-2-11(15)12-10-5-3-9(8-14)4-6-10/h3-8H,1-2H2,(H,12,15). The Balaban J connectivity index is 2.53. The van der Waals surface area contributed by atoms with Crippen LogP contribution in [0.25, 0.3) is 0 Å². The van der Waals surface area contributed by atoms with Crippen molar-refractivity contribution in [2.75, 3.05) is 5.32 Å². The lowest BCUT2D eigenvalue weighted by atomic mass is 10.2. The third kappa shape index (κ3) is 3.72. The predicted octanol–water partition coefficient (Wildman–Crippen LogP) is 1.42. The first-order chi connectivity index (χ1) is 7.26. The fraction of sp³-hybridized carbons (Fsp3) is 0.182. The minimum absolute atomic E-state index is 0.179. The molecular formula is C11H11NO3. The van der Waals surface area contributed by atoms with Crippen LogP contribution < -0.4 is 5.32 Å². The molecule has 15 heavy (non-hydrogen) atoms. The molecule has 78 valence electrons. The van der Waals surface area contributed by atoms with Gasteiger partial charge in [0.1, 0.15) is 12.6 Å². The van der Waals surface area contributed by atoms with E-state index in [1.807, 2.05) is 0 Å². The maximum atomic E-state index is 11.2. The molecule has 0 aromatic heterocycles. The molecule has 0 saturated heterocycles. The predicted molar refractivity (Wildman–Crippen MR) is 55.8 cm³/mol. The van der Waals surface area contributed by atoms with Gasteiger partial charge in [-0.05, 0) is 24.3 Å². The number of nitrogens with one attached hydrogen (secondary N) is 1. The Hall–Kier alpha value is -1.97. The van der Waals surface area contributed by atoms with Crippen molar-refractivity contribution in [3.63, 3.8) is 0 Å². The largest absolute Gasteiger partial charge is 0.326 e. The number of hydrogen-bond donors (Lipinski definition) is 1. The van der Waals surface area contributed by atoms with Gasteiger partial charge in [-0.3, -0.25) is 9.59 Å². The van der Waals surface area contributed by atoms with Crippen molar-refractivity contribution in [1.82, 2.24) is 0 Å². The highest BCUT2D eigenvalue weighted by Gasteiger charge is 2.01. The highest BCUT2D eigenvalue weighted by Crippen LogP contribution is 2.08. The van der Waals surface area contributed by atoms with Crippen LogP contribution in [0.3, 0.4) is 0 Å². The van der Waals surface area contributed by atoms with Gasteiger partial charge in [-0.1, -0.05) is 0 Å². The number of carbonyl (C=O) groups is 3. The summed E-state index contributed by atoms with van der Waals surface area (Å²) in [6.07, 6.45) is 1.84. The maximum absolute atomic E-state index is 11.2. The molecule has 1 N–H and O–H groups in total. The van der Waals surface area contributed by atoms with E-state index in [4.69, 9.17) is 0 Å². The minimum atomic E-state index is -0.207. The van der Waals surface area contributed by atoms with E-state index >= 15 is 0 Å². The molecule has 0 aliphatic carbocycles. The summed E-state index contributed by atoms with van der Waals surface area (Å²) in [7, 11) is 0. The van der Waals surface area contributed by atoms with Crippen LogP contribution >= 0.6 is 0 Å². The summed E-state index contributed by atoms with van der Waals surface area (Å²) in [6, 6.07) is 6.51. The Labute approximate surface area is 87.3 Å². The Bertz CT molecular complexity index is 357. The van der Waals surface area contributed by atoms with Crippen LogP contribution in [-0.4, -0.2) is 18.5 Å². The lowest BCUT2D eigenvalue weighted by Crippen LogP contribution is -2.11. The fourth-order valence-electron chi connectivity index (χ4n) is 1.06. The average Bonchev–Trinajstić information content (AvgIpc) is 2.27. The molecule has 1 amide bonds. The summed E-state index contributed by atoms with van der Waals surface area (Å²) in [5.74, 6) is -0.207. The second kappa shape index (κ2) is 5.70. The van der Waals surface area contributed by atoms with Crippen molar-refractivity contribution in [2.24, 2.45) is 0 Å². The lowest BCUT2D eigenvalue weighted by Gasteiger charge is -2.03. The van der Waals surface area contributed by atoms with E-state index in [0.29, 0.717) is 17.5 Å². The van der Waals surface area contributed by atoms with E-state index in [2.05, 4.69) is 5.32 Å². The number of aldehydes is 2. The number of hydrogen-bond acceptors (Lipinski definition) is 3. The van der Waals surface area contributed by atoms with E-state index in [0.717, 1.165) is 6.29 Å². The van der Waals surface area contributed by atoms with Crippen molar-refractivity contribution < 1.29 is 14.4 Å². The third-order valence-corrected chi connectivity index (χ3v) is 1.82. The number of amides is 1. The van der Waals surface area contributed by atoms with E-state index in [1.54, 1.807) is 24.3 Å². The molecule has 0 fully saturated rings. The molecule has 0 aliphatic rings. The summed E-state index contributed by atoms with van der Waals surface area (Å²) < 4.78 is 0. The Morgan fingerprint density at radius 3 is 2.40 bits per heavy atom. The maximum Gasteiger partial charge on any atom is 0.224 e. The molecule has 4 heteroatoms. The lowest BCUT2D eigenvalue weighted by molar-refractivity contribution is -0.118. The highest BCUT2D eigenvalue weighted by molar-refractivity contribution is 5.92. The molecule has 0 heterocycles. The number of carbonyl (C=O) groups excluding carboxylic acids is 3. The van der Waals surface area contributed by atoms with Crippen LogP contribution in [0.5, 0.6) is 0 Å². The summed E-state index contributed by atoms with van der Waals surface area (Å²) in [5.41, 5.74) is 1.18. The molecule has 0 aliphatic heterocycles. The second-order valence-corrected chi connectivity index (χ2v) is 2.99. The molecule has 1 aromatic carbocycles. The van der Waals surface area contributed by atoms with Gasteiger partial charge >= 0.3 is 0 Å². The molecule has 0 unspecified atom stereocenters. The zero-order valence-corrected chi connectivity index (χ0v) is 8.10. The summed E-state index contributed by atoms with van der Waals surface area (Å²) in [4.78, 5) is 31.6. The Morgan fingerprint density at radius 1 is 1.20 bits per heavy atom. The molecule has 0 saturated carbocycles. The topological polar surface area (TPSA) is 63.2 Å². The van der Waals surface area contributed by atoms with Crippen LogP contribution in [0.15, 0.2) is 24.3 Å².